The number of nitrogens with zero attached hydrogens (tertiary/aromatic N) is 3. The molecule has 0 aliphatic rings. The van der Waals surface area contributed by atoms with Crippen LogP contribution in [0.4, 0.5) is 5.13 Å². The number of amides is 1. The molecule has 0 N–H and O–H groups in total. The Labute approximate surface area is 171 Å². The summed E-state index contributed by atoms with van der Waals surface area (Å²) in [5.41, 5.74) is 1.52. The molecule has 1 aromatic heterocycles. The highest BCUT2D eigenvalue weighted by Gasteiger charge is 2.18. The van der Waals surface area contributed by atoms with E-state index in [1.807, 2.05) is 36.4 Å². The number of ether oxygens (including phenoxy) is 1. The van der Waals surface area contributed by atoms with Crippen molar-refractivity contribution in [3.63, 3.8) is 0 Å². The molecular formula is C20H20BrN3O2S. The van der Waals surface area contributed by atoms with Crippen LogP contribution in [0, 0.1) is 5.92 Å². The second-order valence-corrected chi connectivity index (χ2v) is 8.37. The van der Waals surface area contributed by atoms with E-state index in [4.69, 9.17) is 4.74 Å². The first kappa shape index (κ1) is 19.5. The summed E-state index contributed by atoms with van der Waals surface area (Å²) in [4.78, 5) is 14.3. The van der Waals surface area contributed by atoms with Gasteiger partial charge < -0.3 is 4.74 Å². The molecule has 0 saturated carbocycles. The molecule has 1 heterocycles. The van der Waals surface area contributed by atoms with Crippen LogP contribution in [0.1, 0.15) is 24.2 Å². The first-order chi connectivity index (χ1) is 12.9. The Hall–Kier alpha value is -2.25. The number of halogens is 1. The Morgan fingerprint density at radius 3 is 2.63 bits per heavy atom. The third-order valence-corrected chi connectivity index (χ3v) is 5.34. The Morgan fingerprint density at radius 2 is 1.93 bits per heavy atom. The summed E-state index contributed by atoms with van der Waals surface area (Å²) in [7, 11) is 1.70. The molecule has 1 amide bonds. The summed E-state index contributed by atoms with van der Waals surface area (Å²) < 4.78 is 6.72. The van der Waals surface area contributed by atoms with Gasteiger partial charge in [-0.25, -0.2) is 0 Å². The van der Waals surface area contributed by atoms with Gasteiger partial charge in [-0.05, 0) is 36.2 Å². The number of hydrogen-bond donors (Lipinski definition) is 0. The van der Waals surface area contributed by atoms with Crippen molar-refractivity contribution >= 4 is 38.3 Å². The topological polar surface area (TPSA) is 55.3 Å². The predicted octanol–water partition coefficient (Wildman–Crippen LogP) is 5.28. The zero-order valence-electron chi connectivity index (χ0n) is 15.3. The maximum absolute atomic E-state index is 12.8. The Bertz CT molecular complexity index is 925. The van der Waals surface area contributed by atoms with Gasteiger partial charge in [0.25, 0.3) is 5.91 Å². The van der Waals surface area contributed by atoms with Crippen LogP contribution in [0.25, 0.3) is 10.6 Å². The lowest BCUT2D eigenvalue weighted by atomic mass is 10.2. The fourth-order valence-corrected chi connectivity index (χ4v) is 3.40. The molecule has 27 heavy (non-hydrogen) atoms. The minimum atomic E-state index is -0.150. The lowest BCUT2D eigenvalue weighted by molar-refractivity contribution is 0.0992. The van der Waals surface area contributed by atoms with Gasteiger partial charge in [-0.1, -0.05) is 59.3 Å². The minimum Gasteiger partial charge on any atom is -0.493 e. The van der Waals surface area contributed by atoms with Gasteiger partial charge in [0.05, 0.1) is 6.61 Å². The molecule has 2 aromatic carbocycles. The van der Waals surface area contributed by atoms with E-state index in [1.54, 1.807) is 19.2 Å². The number of anilines is 1. The number of hydrogen-bond acceptors (Lipinski definition) is 5. The minimum absolute atomic E-state index is 0.150. The molecule has 140 valence electrons. The molecule has 3 rings (SSSR count). The van der Waals surface area contributed by atoms with Crippen molar-refractivity contribution in [1.82, 2.24) is 10.2 Å². The van der Waals surface area contributed by atoms with E-state index in [9.17, 15) is 4.79 Å². The molecule has 3 aromatic rings. The van der Waals surface area contributed by atoms with Crippen LogP contribution >= 0.6 is 27.3 Å². The fraction of sp³-hybridized carbons (Fsp3) is 0.250. The standard InChI is InChI=1S/C20H20BrN3O2S/c1-13(2)12-26-17-6-4-5-15(11-17)19(25)24(3)20-23-22-18(27-20)14-7-9-16(21)10-8-14/h4-11,13H,12H2,1-3H3. The lowest BCUT2D eigenvalue weighted by Crippen LogP contribution is -2.26. The molecule has 0 aliphatic heterocycles. The number of carbonyl (C=O) groups is 1. The van der Waals surface area contributed by atoms with Crippen molar-refractivity contribution in [2.24, 2.45) is 5.92 Å². The monoisotopic (exact) mass is 445 g/mol. The highest BCUT2D eigenvalue weighted by molar-refractivity contribution is 9.10. The van der Waals surface area contributed by atoms with Crippen molar-refractivity contribution in [2.75, 3.05) is 18.6 Å². The maximum Gasteiger partial charge on any atom is 0.259 e. The highest BCUT2D eigenvalue weighted by atomic mass is 79.9. The average molecular weight is 446 g/mol. The first-order valence-corrected chi connectivity index (χ1v) is 10.2. The fourth-order valence-electron chi connectivity index (χ4n) is 2.32. The Balaban J connectivity index is 1.76. The van der Waals surface area contributed by atoms with Crippen LogP contribution in [0.2, 0.25) is 0 Å². The summed E-state index contributed by atoms with van der Waals surface area (Å²) in [6.07, 6.45) is 0. The molecule has 0 radical (unpaired) electrons. The smallest absolute Gasteiger partial charge is 0.259 e. The maximum atomic E-state index is 12.8. The number of aromatic nitrogens is 2. The Kier molecular flexibility index (Phi) is 6.23. The van der Waals surface area contributed by atoms with E-state index >= 15 is 0 Å². The molecule has 0 atom stereocenters. The van der Waals surface area contributed by atoms with Crippen LogP contribution in [0.3, 0.4) is 0 Å². The average Bonchev–Trinajstić information content (AvgIpc) is 3.16. The molecule has 0 saturated heterocycles. The number of carbonyl (C=O) groups excluding carboxylic acids is 1. The van der Waals surface area contributed by atoms with Crippen LogP contribution in [0.15, 0.2) is 53.0 Å². The van der Waals surface area contributed by atoms with Crippen molar-refractivity contribution < 1.29 is 9.53 Å². The largest absolute Gasteiger partial charge is 0.493 e. The van der Waals surface area contributed by atoms with Gasteiger partial charge in [-0.15, -0.1) is 10.2 Å². The van der Waals surface area contributed by atoms with E-state index in [-0.39, 0.29) is 5.91 Å². The van der Waals surface area contributed by atoms with E-state index in [0.717, 1.165) is 15.0 Å². The van der Waals surface area contributed by atoms with Crippen molar-refractivity contribution in [2.45, 2.75) is 13.8 Å². The van der Waals surface area contributed by atoms with Crippen LogP contribution in [0.5, 0.6) is 5.75 Å². The summed E-state index contributed by atoms with van der Waals surface area (Å²) >= 11 is 4.80. The van der Waals surface area contributed by atoms with E-state index in [1.165, 1.54) is 16.2 Å². The molecule has 0 unspecified atom stereocenters. The second-order valence-electron chi connectivity index (χ2n) is 6.49. The second kappa shape index (κ2) is 8.63. The normalized spacial score (nSPS) is 10.9. The summed E-state index contributed by atoms with van der Waals surface area (Å²) in [6, 6.07) is 15.1. The van der Waals surface area contributed by atoms with Crippen LogP contribution in [-0.4, -0.2) is 29.8 Å². The summed E-state index contributed by atoms with van der Waals surface area (Å²) in [6.45, 7) is 4.78. The molecule has 0 aliphatic carbocycles. The third-order valence-electron chi connectivity index (χ3n) is 3.76. The van der Waals surface area contributed by atoms with E-state index in [0.29, 0.717) is 29.0 Å². The lowest BCUT2D eigenvalue weighted by Gasteiger charge is -2.14. The first-order valence-electron chi connectivity index (χ1n) is 8.54. The van der Waals surface area contributed by atoms with Crippen LogP contribution < -0.4 is 9.64 Å². The number of benzene rings is 2. The van der Waals surface area contributed by atoms with Gasteiger partial charge in [0.2, 0.25) is 5.13 Å². The van der Waals surface area contributed by atoms with Crippen molar-refractivity contribution in [1.29, 1.82) is 0 Å². The van der Waals surface area contributed by atoms with E-state index in [2.05, 4.69) is 40.0 Å². The highest BCUT2D eigenvalue weighted by Crippen LogP contribution is 2.30. The number of rotatable bonds is 6. The zero-order chi connectivity index (χ0) is 19.4. The Morgan fingerprint density at radius 1 is 1.19 bits per heavy atom. The van der Waals surface area contributed by atoms with Crippen molar-refractivity contribution in [3.8, 4) is 16.3 Å². The molecular weight excluding hydrogens is 426 g/mol. The zero-order valence-corrected chi connectivity index (χ0v) is 17.8. The van der Waals surface area contributed by atoms with Gasteiger partial charge in [0.1, 0.15) is 10.8 Å². The van der Waals surface area contributed by atoms with Gasteiger partial charge in [-0.2, -0.15) is 0 Å². The molecule has 0 spiro atoms. The summed E-state index contributed by atoms with van der Waals surface area (Å²) in [5.74, 6) is 0.963. The molecule has 7 heteroatoms. The van der Waals surface area contributed by atoms with Gasteiger partial charge in [-0.3, -0.25) is 9.69 Å². The van der Waals surface area contributed by atoms with Crippen LogP contribution in [-0.2, 0) is 0 Å². The SMILES string of the molecule is CC(C)COc1cccc(C(=O)N(C)c2nnc(-c3ccc(Br)cc3)s2)c1. The summed E-state index contributed by atoms with van der Waals surface area (Å²) in [5, 5.41) is 9.71. The third kappa shape index (κ3) is 4.93. The molecule has 5 nitrogen and oxygen atoms in total. The quantitative estimate of drug-likeness (QED) is 0.517. The van der Waals surface area contributed by atoms with Gasteiger partial charge in [0, 0.05) is 22.6 Å². The predicted molar refractivity (Wildman–Crippen MR) is 113 cm³/mol. The van der Waals surface area contributed by atoms with Gasteiger partial charge in [0.15, 0.2) is 0 Å². The van der Waals surface area contributed by atoms with E-state index < -0.39 is 0 Å². The van der Waals surface area contributed by atoms with Gasteiger partial charge >= 0.3 is 0 Å². The molecule has 0 bridgehead atoms. The van der Waals surface area contributed by atoms with Crippen molar-refractivity contribution in [3.05, 3.63) is 58.6 Å². The molecule has 0 fully saturated rings.